The lowest BCUT2D eigenvalue weighted by atomic mass is 9.86. The number of nitriles is 1. The molecule has 5 rings (SSSR count). The zero-order valence-corrected chi connectivity index (χ0v) is 16.0. The molecular formula is C25H21FN2O. The van der Waals surface area contributed by atoms with Gasteiger partial charge in [-0.05, 0) is 47.0 Å². The normalized spacial score (nSPS) is 20.4. The summed E-state index contributed by atoms with van der Waals surface area (Å²) in [6.07, 6.45) is 0. The van der Waals surface area contributed by atoms with Crippen molar-refractivity contribution in [1.29, 1.82) is 5.26 Å². The summed E-state index contributed by atoms with van der Waals surface area (Å²) in [6.45, 7) is 3.61. The molecule has 1 saturated heterocycles. The largest absolute Gasteiger partial charge is 0.493 e. The SMILES string of the molecule is N#Cc1ccc2c(c1)[C@@H]1CN(Cc3ccc(-c4ccc(F)cc4)cc3)C[C@H]1CO2. The molecule has 29 heavy (non-hydrogen) atoms. The smallest absolute Gasteiger partial charge is 0.123 e. The Labute approximate surface area is 170 Å². The van der Waals surface area contributed by atoms with Gasteiger partial charge in [-0.25, -0.2) is 4.39 Å². The van der Waals surface area contributed by atoms with Gasteiger partial charge in [-0.2, -0.15) is 5.26 Å². The minimum Gasteiger partial charge on any atom is -0.493 e. The van der Waals surface area contributed by atoms with Crippen molar-refractivity contribution in [2.75, 3.05) is 19.7 Å². The first kappa shape index (κ1) is 17.9. The zero-order chi connectivity index (χ0) is 19.8. The average molecular weight is 384 g/mol. The molecule has 0 unspecified atom stereocenters. The molecule has 0 aromatic heterocycles. The van der Waals surface area contributed by atoms with Crippen LogP contribution >= 0.6 is 0 Å². The number of hydrogen-bond donors (Lipinski definition) is 0. The third-order valence-corrected chi connectivity index (χ3v) is 6.05. The second-order valence-corrected chi connectivity index (χ2v) is 7.94. The van der Waals surface area contributed by atoms with Gasteiger partial charge in [-0.3, -0.25) is 4.90 Å². The number of likely N-dealkylation sites (tertiary alicyclic amines) is 1. The fourth-order valence-corrected chi connectivity index (χ4v) is 4.55. The molecule has 0 bridgehead atoms. The Balaban J connectivity index is 1.30. The zero-order valence-electron chi connectivity index (χ0n) is 16.0. The third-order valence-electron chi connectivity index (χ3n) is 6.05. The summed E-state index contributed by atoms with van der Waals surface area (Å²) in [5.74, 6) is 1.60. The Kier molecular flexibility index (Phi) is 4.54. The Morgan fingerprint density at radius 3 is 2.41 bits per heavy atom. The van der Waals surface area contributed by atoms with Gasteiger partial charge in [-0.15, -0.1) is 0 Å². The molecule has 4 heteroatoms. The minimum atomic E-state index is -0.215. The highest BCUT2D eigenvalue weighted by Gasteiger charge is 2.38. The number of benzene rings is 3. The number of halogens is 1. The molecule has 0 spiro atoms. The molecule has 2 heterocycles. The van der Waals surface area contributed by atoms with Crippen LogP contribution in [0.15, 0.2) is 66.7 Å². The molecule has 0 amide bonds. The monoisotopic (exact) mass is 384 g/mol. The molecule has 0 aliphatic carbocycles. The Morgan fingerprint density at radius 2 is 1.69 bits per heavy atom. The van der Waals surface area contributed by atoms with Gasteiger partial charge >= 0.3 is 0 Å². The van der Waals surface area contributed by atoms with Crippen molar-refractivity contribution < 1.29 is 9.13 Å². The topological polar surface area (TPSA) is 36.3 Å². The molecule has 3 aromatic rings. The Hall–Kier alpha value is -3.16. The van der Waals surface area contributed by atoms with E-state index >= 15 is 0 Å². The van der Waals surface area contributed by atoms with Crippen molar-refractivity contribution >= 4 is 0 Å². The van der Waals surface area contributed by atoms with Crippen LogP contribution in [-0.2, 0) is 6.54 Å². The first-order valence-electron chi connectivity index (χ1n) is 9.94. The third kappa shape index (κ3) is 3.50. The molecule has 1 fully saturated rings. The molecular weight excluding hydrogens is 363 g/mol. The number of rotatable bonds is 3. The van der Waals surface area contributed by atoms with Crippen LogP contribution in [0.1, 0.15) is 22.6 Å². The predicted molar refractivity (Wildman–Crippen MR) is 110 cm³/mol. The summed E-state index contributed by atoms with van der Waals surface area (Å²) in [5, 5.41) is 9.22. The second kappa shape index (κ2) is 7.35. The molecule has 2 aliphatic heterocycles. The highest BCUT2D eigenvalue weighted by Crippen LogP contribution is 2.42. The summed E-state index contributed by atoms with van der Waals surface area (Å²) >= 11 is 0. The first-order chi connectivity index (χ1) is 14.2. The molecule has 2 atom stereocenters. The summed E-state index contributed by atoms with van der Waals surface area (Å²) in [4.78, 5) is 2.47. The predicted octanol–water partition coefficient (Wildman–Crippen LogP) is 4.97. The highest BCUT2D eigenvalue weighted by molar-refractivity contribution is 5.63. The summed E-state index contributed by atoms with van der Waals surface area (Å²) in [5.41, 5.74) is 5.25. The van der Waals surface area contributed by atoms with Crippen LogP contribution in [0.4, 0.5) is 4.39 Å². The van der Waals surface area contributed by atoms with E-state index in [1.165, 1.54) is 23.3 Å². The molecule has 2 aliphatic rings. The van der Waals surface area contributed by atoms with Crippen LogP contribution in [0.5, 0.6) is 5.75 Å². The average Bonchev–Trinajstić information content (AvgIpc) is 3.17. The summed E-state index contributed by atoms with van der Waals surface area (Å²) in [7, 11) is 0. The van der Waals surface area contributed by atoms with Gasteiger partial charge in [0.05, 0.1) is 18.2 Å². The lowest BCUT2D eigenvalue weighted by molar-refractivity contribution is 0.212. The van der Waals surface area contributed by atoms with Crippen LogP contribution < -0.4 is 4.74 Å². The van der Waals surface area contributed by atoms with E-state index in [9.17, 15) is 9.65 Å². The fraction of sp³-hybridized carbons (Fsp3) is 0.240. The molecule has 0 N–H and O–H groups in total. The van der Waals surface area contributed by atoms with Crippen molar-refractivity contribution in [2.24, 2.45) is 5.92 Å². The highest BCUT2D eigenvalue weighted by atomic mass is 19.1. The van der Waals surface area contributed by atoms with Crippen LogP contribution in [0.3, 0.4) is 0 Å². The van der Waals surface area contributed by atoms with Crippen LogP contribution in [0, 0.1) is 23.1 Å². The quantitative estimate of drug-likeness (QED) is 0.639. The van der Waals surface area contributed by atoms with E-state index in [1.807, 2.05) is 30.3 Å². The van der Waals surface area contributed by atoms with Gasteiger partial charge in [0.25, 0.3) is 0 Å². The van der Waals surface area contributed by atoms with E-state index in [-0.39, 0.29) is 5.82 Å². The molecule has 144 valence electrons. The second-order valence-electron chi connectivity index (χ2n) is 7.94. The maximum absolute atomic E-state index is 13.1. The van der Waals surface area contributed by atoms with E-state index in [0.29, 0.717) is 17.4 Å². The lowest BCUT2D eigenvalue weighted by Gasteiger charge is -2.27. The van der Waals surface area contributed by atoms with Crippen molar-refractivity contribution in [1.82, 2.24) is 4.90 Å². The summed E-state index contributed by atoms with van der Waals surface area (Å²) in [6, 6.07) is 23.1. The summed E-state index contributed by atoms with van der Waals surface area (Å²) < 4.78 is 19.1. The molecule has 3 nitrogen and oxygen atoms in total. The van der Waals surface area contributed by atoms with Crippen molar-refractivity contribution in [2.45, 2.75) is 12.5 Å². The molecule has 3 aromatic carbocycles. The Bertz CT molecular complexity index is 1070. The number of nitrogens with zero attached hydrogens (tertiary/aromatic N) is 2. The maximum Gasteiger partial charge on any atom is 0.123 e. The number of fused-ring (bicyclic) bond motifs is 3. The van der Waals surface area contributed by atoms with E-state index in [4.69, 9.17) is 4.74 Å². The van der Waals surface area contributed by atoms with Gasteiger partial charge in [0, 0.05) is 37.0 Å². The van der Waals surface area contributed by atoms with Crippen molar-refractivity contribution in [3.63, 3.8) is 0 Å². The van der Waals surface area contributed by atoms with E-state index < -0.39 is 0 Å². The molecule has 0 radical (unpaired) electrons. The van der Waals surface area contributed by atoms with E-state index in [0.717, 1.165) is 43.1 Å². The van der Waals surface area contributed by atoms with Crippen LogP contribution in [0.2, 0.25) is 0 Å². The van der Waals surface area contributed by atoms with Crippen molar-refractivity contribution in [3.05, 3.63) is 89.2 Å². The number of hydrogen-bond acceptors (Lipinski definition) is 3. The first-order valence-corrected chi connectivity index (χ1v) is 9.94. The van der Waals surface area contributed by atoms with Crippen molar-refractivity contribution in [3.8, 4) is 22.9 Å². The van der Waals surface area contributed by atoms with E-state index in [2.05, 4.69) is 35.2 Å². The number of ether oxygens (including phenoxy) is 1. The van der Waals surface area contributed by atoms with Crippen LogP contribution in [-0.4, -0.2) is 24.6 Å². The van der Waals surface area contributed by atoms with E-state index in [1.54, 1.807) is 0 Å². The van der Waals surface area contributed by atoms with Gasteiger partial charge in [-0.1, -0.05) is 36.4 Å². The standard InChI is InChI=1S/C25H21FN2O/c26-22-8-6-20(7-9-22)19-4-1-17(2-5-19)13-28-14-21-16-29-25-10-3-18(12-27)11-23(25)24(21)15-28/h1-11,21,24H,13-16H2/t21-,24+/m0/s1. The van der Waals surface area contributed by atoms with Gasteiger partial charge in [0.15, 0.2) is 0 Å². The molecule has 0 saturated carbocycles. The van der Waals surface area contributed by atoms with Crippen LogP contribution in [0.25, 0.3) is 11.1 Å². The van der Waals surface area contributed by atoms with Gasteiger partial charge in [0.1, 0.15) is 11.6 Å². The van der Waals surface area contributed by atoms with Gasteiger partial charge in [0.2, 0.25) is 0 Å². The minimum absolute atomic E-state index is 0.215. The maximum atomic E-state index is 13.1. The lowest BCUT2D eigenvalue weighted by Crippen LogP contribution is -2.25. The Morgan fingerprint density at radius 1 is 0.966 bits per heavy atom. The fourth-order valence-electron chi connectivity index (χ4n) is 4.55. The van der Waals surface area contributed by atoms with Gasteiger partial charge < -0.3 is 4.74 Å².